The predicted octanol–water partition coefficient (Wildman–Crippen LogP) is 4.27. The van der Waals surface area contributed by atoms with Crippen molar-refractivity contribution in [3.63, 3.8) is 0 Å². The highest BCUT2D eigenvalue weighted by atomic mass is 35.5. The van der Waals surface area contributed by atoms with Gasteiger partial charge in [-0.1, -0.05) is 29.8 Å². The topological polar surface area (TPSA) is 46.5 Å². The van der Waals surface area contributed by atoms with Crippen molar-refractivity contribution in [2.75, 3.05) is 0 Å². The third kappa shape index (κ3) is 2.62. The van der Waals surface area contributed by atoms with Crippen molar-refractivity contribution in [3.8, 4) is 11.4 Å². The molecular formula is C15H13ClN4S. The average Bonchev–Trinajstić information content (AvgIpc) is 2.90. The molecule has 1 unspecified atom stereocenters. The van der Waals surface area contributed by atoms with Gasteiger partial charge in [-0.15, -0.1) is 0 Å². The van der Waals surface area contributed by atoms with Gasteiger partial charge in [0.05, 0.1) is 6.04 Å². The largest absolute Gasteiger partial charge is 0.293 e. The van der Waals surface area contributed by atoms with Crippen LogP contribution in [0.15, 0.2) is 48.8 Å². The third-order valence-electron chi connectivity index (χ3n) is 3.37. The molecule has 1 aromatic carbocycles. The molecule has 0 spiro atoms. The molecule has 6 heteroatoms. The number of nitrogens with zero attached hydrogens (tertiary/aromatic N) is 3. The fourth-order valence-electron chi connectivity index (χ4n) is 2.32. The standard InChI is InChI=1S/C15H13ClN4S/c1-10(12-6-2-3-7-13(12)16)20-14(18-19-15(20)21)11-5-4-8-17-9-11/h2-10H,1H3,(H,19,21). The molecule has 0 aliphatic carbocycles. The maximum absolute atomic E-state index is 6.30. The second-order valence-corrected chi connectivity index (χ2v) is 5.46. The van der Waals surface area contributed by atoms with Crippen LogP contribution in [0.3, 0.4) is 0 Å². The van der Waals surface area contributed by atoms with Crippen LogP contribution in [-0.2, 0) is 0 Å². The first-order valence-electron chi connectivity index (χ1n) is 6.50. The zero-order valence-electron chi connectivity index (χ0n) is 11.3. The van der Waals surface area contributed by atoms with Crippen molar-refractivity contribution < 1.29 is 0 Å². The van der Waals surface area contributed by atoms with Crippen LogP contribution in [0, 0.1) is 4.77 Å². The number of hydrogen-bond acceptors (Lipinski definition) is 3. The van der Waals surface area contributed by atoms with Crippen molar-refractivity contribution in [3.05, 3.63) is 64.1 Å². The van der Waals surface area contributed by atoms with Crippen LogP contribution >= 0.6 is 23.8 Å². The van der Waals surface area contributed by atoms with E-state index in [4.69, 9.17) is 23.8 Å². The number of aromatic amines is 1. The maximum atomic E-state index is 6.30. The number of benzene rings is 1. The molecule has 3 aromatic rings. The molecule has 1 atom stereocenters. The summed E-state index contributed by atoms with van der Waals surface area (Å²) in [5, 5.41) is 7.89. The summed E-state index contributed by atoms with van der Waals surface area (Å²) in [5.74, 6) is 0.750. The van der Waals surface area contributed by atoms with E-state index in [2.05, 4.69) is 15.2 Å². The molecule has 0 bridgehead atoms. The number of halogens is 1. The molecule has 2 heterocycles. The van der Waals surface area contributed by atoms with Gasteiger partial charge in [-0.3, -0.25) is 14.6 Å². The van der Waals surface area contributed by atoms with E-state index in [-0.39, 0.29) is 6.04 Å². The summed E-state index contributed by atoms with van der Waals surface area (Å²) in [6.07, 6.45) is 3.49. The lowest BCUT2D eigenvalue weighted by atomic mass is 10.1. The maximum Gasteiger partial charge on any atom is 0.196 e. The molecule has 2 aromatic heterocycles. The van der Waals surface area contributed by atoms with E-state index in [1.807, 2.05) is 47.9 Å². The van der Waals surface area contributed by atoms with Crippen LogP contribution < -0.4 is 0 Å². The zero-order chi connectivity index (χ0) is 14.8. The molecule has 1 N–H and O–H groups in total. The van der Waals surface area contributed by atoms with Crippen LogP contribution in [0.5, 0.6) is 0 Å². The Kier molecular flexibility index (Phi) is 3.86. The number of rotatable bonds is 3. The minimum Gasteiger partial charge on any atom is -0.293 e. The van der Waals surface area contributed by atoms with Gasteiger partial charge in [0.1, 0.15) is 0 Å². The quantitative estimate of drug-likeness (QED) is 0.734. The summed E-state index contributed by atoms with van der Waals surface area (Å²) >= 11 is 11.7. The Balaban J connectivity index is 2.14. The van der Waals surface area contributed by atoms with E-state index in [0.29, 0.717) is 9.79 Å². The van der Waals surface area contributed by atoms with Crippen molar-refractivity contribution >= 4 is 23.8 Å². The van der Waals surface area contributed by atoms with E-state index >= 15 is 0 Å². The summed E-state index contributed by atoms with van der Waals surface area (Å²) in [6.45, 7) is 2.05. The van der Waals surface area contributed by atoms with Crippen LogP contribution in [0.2, 0.25) is 5.02 Å². The lowest BCUT2D eigenvalue weighted by molar-refractivity contribution is 0.635. The molecule has 21 heavy (non-hydrogen) atoms. The highest BCUT2D eigenvalue weighted by Crippen LogP contribution is 2.29. The molecule has 106 valence electrons. The Labute approximate surface area is 132 Å². The second kappa shape index (κ2) is 5.79. The normalized spacial score (nSPS) is 12.3. The Hall–Kier alpha value is -1.98. The van der Waals surface area contributed by atoms with Crippen molar-refractivity contribution in [1.82, 2.24) is 19.7 Å². The highest BCUT2D eigenvalue weighted by Gasteiger charge is 2.17. The Morgan fingerprint density at radius 1 is 1.24 bits per heavy atom. The molecule has 4 nitrogen and oxygen atoms in total. The smallest absolute Gasteiger partial charge is 0.196 e. The number of aromatic nitrogens is 4. The Bertz CT molecular complexity index is 810. The monoisotopic (exact) mass is 316 g/mol. The minimum atomic E-state index is -0.0276. The SMILES string of the molecule is CC(c1ccccc1Cl)n1c(-c2cccnc2)n[nH]c1=S. The van der Waals surface area contributed by atoms with Gasteiger partial charge in [-0.25, -0.2) is 0 Å². The lowest BCUT2D eigenvalue weighted by Crippen LogP contribution is -2.09. The highest BCUT2D eigenvalue weighted by molar-refractivity contribution is 7.71. The van der Waals surface area contributed by atoms with E-state index in [0.717, 1.165) is 17.0 Å². The average molecular weight is 317 g/mol. The molecule has 0 radical (unpaired) electrons. The first kappa shape index (κ1) is 14.0. The molecular weight excluding hydrogens is 304 g/mol. The summed E-state index contributed by atoms with van der Waals surface area (Å²) in [6, 6.07) is 11.5. The zero-order valence-corrected chi connectivity index (χ0v) is 12.9. The predicted molar refractivity (Wildman–Crippen MR) is 85.9 cm³/mol. The fourth-order valence-corrected chi connectivity index (χ4v) is 2.90. The first-order chi connectivity index (χ1) is 10.2. The number of nitrogens with one attached hydrogen (secondary N) is 1. The fraction of sp³-hybridized carbons (Fsp3) is 0.133. The molecule has 0 aliphatic heterocycles. The molecule has 0 saturated carbocycles. The molecule has 0 amide bonds. The van der Waals surface area contributed by atoms with Crippen molar-refractivity contribution in [1.29, 1.82) is 0 Å². The van der Waals surface area contributed by atoms with E-state index in [9.17, 15) is 0 Å². The molecule has 3 rings (SSSR count). The number of pyridine rings is 1. The molecule has 0 saturated heterocycles. The molecule has 0 fully saturated rings. The van der Waals surface area contributed by atoms with Gasteiger partial charge in [-0.2, -0.15) is 5.10 Å². The first-order valence-corrected chi connectivity index (χ1v) is 7.29. The van der Waals surface area contributed by atoms with Gasteiger partial charge in [0.2, 0.25) is 0 Å². The van der Waals surface area contributed by atoms with Gasteiger partial charge in [0.15, 0.2) is 10.6 Å². The summed E-state index contributed by atoms with van der Waals surface area (Å²) < 4.78 is 2.51. The van der Waals surface area contributed by atoms with E-state index in [1.54, 1.807) is 12.4 Å². The number of hydrogen-bond donors (Lipinski definition) is 1. The Morgan fingerprint density at radius 2 is 2.05 bits per heavy atom. The summed E-state index contributed by atoms with van der Waals surface area (Å²) in [5.41, 5.74) is 1.91. The van der Waals surface area contributed by atoms with Gasteiger partial charge in [0, 0.05) is 23.0 Å². The Morgan fingerprint density at radius 3 is 2.76 bits per heavy atom. The second-order valence-electron chi connectivity index (χ2n) is 4.66. The van der Waals surface area contributed by atoms with Gasteiger partial charge < -0.3 is 0 Å². The van der Waals surface area contributed by atoms with Crippen LogP contribution in [0.4, 0.5) is 0 Å². The van der Waals surface area contributed by atoms with Crippen molar-refractivity contribution in [2.24, 2.45) is 0 Å². The third-order valence-corrected chi connectivity index (χ3v) is 4.00. The van der Waals surface area contributed by atoms with E-state index in [1.165, 1.54) is 0 Å². The van der Waals surface area contributed by atoms with E-state index < -0.39 is 0 Å². The molecule has 0 aliphatic rings. The van der Waals surface area contributed by atoms with Gasteiger partial charge in [-0.05, 0) is 42.9 Å². The lowest BCUT2D eigenvalue weighted by Gasteiger charge is -2.17. The van der Waals surface area contributed by atoms with Crippen molar-refractivity contribution in [2.45, 2.75) is 13.0 Å². The summed E-state index contributed by atoms with van der Waals surface area (Å²) in [4.78, 5) is 4.13. The van der Waals surface area contributed by atoms with Crippen LogP contribution in [0.25, 0.3) is 11.4 Å². The summed E-state index contributed by atoms with van der Waals surface area (Å²) in [7, 11) is 0. The van der Waals surface area contributed by atoms with Gasteiger partial charge in [0.25, 0.3) is 0 Å². The van der Waals surface area contributed by atoms with Crippen LogP contribution in [-0.4, -0.2) is 19.7 Å². The van der Waals surface area contributed by atoms with Crippen LogP contribution in [0.1, 0.15) is 18.5 Å². The van der Waals surface area contributed by atoms with Gasteiger partial charge >= 0.3 is 0 Å². The number of H-pyrrole nitrogens is 1. The minimum absolute atomic E-state index is 0.0276.